The van der Waals surface area contributed by atoms with E-state index in [1.807, 2.05) is 48.5 Å². The van der Waals surface area contributed by atoms with Crippen LogP contribution < -0.4 is 5.32 Å². The van der Waals surface area contributed by atoms with Crippen molar-refractivity contribution >= 4 is 33.2 Å². The summed E-state index contributed by atoms with van der Waals surface area (Å²) in [5.74, 6) is -0.823. The Morgan fingerprint density at radius 1 is 1.24 bits per heavy atom. The van der Waals surface area contributed by atoms with Crippen LogP contribution in [0.2, 0.25) is 0 Å². The third kappa shape index (κ3) is 2.60. The summed E-state index contributed by atoms with van der Waals surface area (Å²) < 4.78 is 6.65. The molecular formula is C24H21BrN4O4. The SMILES string of the molecule is Cc1noc([C@H]2[C@H](c3ccccc3Br)[C@H]3CCCN3[C@]23C(=O)Nc2ccccc23)c1[N+](=O)[O-]. The lowest BCUT2D eigenvalue weighted by Crippen LogP contribution is -2.50. The Morgan fingerprint density at radius 3 is 2.79 bits per heavy atom. The van der Waals surface area contributed by atoms with Gasteiger partial charge in [0.25, 0.3) is 0 Å². The molecule has 0 saturated carbocycles. The van der Waals surface area contributed by atoms with Gasteiger partial charge in [0.1, 0.15) is 5.54 Å². The average Bonchev–Trinajstić information content (AvgIpc) is 3.52. The predicted octanol–water partition coefficient (Wildman–Crippen LogP) is 4.85. The van der Waals surface area contributed by atoms with Crippen LogP contribution in [0.3, 0.4) is 0 Å². The molecule has 0 radical (unpaired) electrons. The van der Waals surface area contributed by atoms with Crippen molar-refractivity contribution in [2.24, 2.45) is 0 Å². The molecule has 4 atom stereocenters. The number of benzene rings is 2. The third-order valence-electron chi connectivity index (χ3n) is 7.49. The van der Waals surface area contributed by atoms with Crippen molar-refractivity contribution in [3.8, 4) is 0 Å². The van der Waals surface area contributed by atoms with Crippen molar-refractivity contribution in [3.63, 3.8) is 0 Å². The highest BCUT2D eigenvalue weighted by Gasteiger charge is 2.70. The van der Waals surface area contributed by atoms with Gasteiger partial charge >= 0.3 is 5.69 Å². The van der Waals surface area contributed by atoms with Gasteiger partial charge in [-0.25, -0.2) is 0 Å². The van der Waals surface area contributed by atoms with Crippen LogP contribution in [0, 0.1) is 17.0 Å². The number of para-hydroxylation sites is 1. The van der Waals surface area contributed by atoms with Crippen molar-refractivity contribution < 1.29 is 14.2 Å². The van der Waals surface area contributed by atoms with Gasteiger partial charge in [-0.2, -0.15) is 0 Å². The van der Waals surface area contributed by atoms with E-state index >= 15 is 0 Å². The quantitative estimate of drug-likeness (QED) is 0.400. The molecule has 9 heteroatoms. The van der Waals surface area contributed by atoms with E-state index in [2.05, 4.69) is 31.3 Å². The number of hydrogen-bond acceptors (Lipinski definition) is 6. The molecular weight excluding hydrogens is 488 g/mol. The number of anilines is 1. The van der Waals surface area contributed by atoms with Crippen LogP contribution in [0.4, 0.5) is 11.4 Å². The molecule has 168 valence electrons. The number of amides is 1. The molecule has 3 aliphatic rings. The standard InChI is InChI=1S/C24H21BrN4O4/c1-13-21(29(31)32)22(33-27-13)20-19(14-7-2-4-9-16(14)25)18-11-6-12-28(18)24(20)15-8-3-5-10-17(15)26-23(24)30/h2-5,7-10,18-20H,6,11-12H2,1H3,(H,26,30)/t18-,19-,20-,24+/m1/s1. The van der Waals surface area contributed by atoms with Crippen molar-refractivity contribution in [1.82, 2.24) is 10.1 Å². The fourth-order valence-electron chi connectivity index (χ4n) is 6.42. The van der Waals surface area contributed by atoms with Crippen molar-refractivity contribution in [3.05, 3.63) is 85.7 Å². The van der Waals surface area contributed by atoms with E-state index in [4.69, 9.17) is 4.52 Å². The van der Waals surface area contributed by atoms with E-state index in [0.717, 1.165) is 40.7 Å². The normalized spacial score (nSPS) is 28.2. The molecule has 2 saturated heterocycles. The number of nitrogens with zero attached hydrogens (tertiary/aromatic N) is 3. The predicted molar refractivity (Wildman–Crippen MR) is 124 cm³/mol. The highest BCUT2D eigenvalue weighted by Crippen LogP contribution is 2.65. The lowest BCUT2D eigenvalue weighted by Gasteiger charge is -2.36. The van der Waals surface area contributed by atoms with Crippen molar-refractivity contribution in [2.75, 3.05) is 11.9 Å². The fourth-order valence-corrected chi connectivity index (χ4v) is 6.97. The lowest BCUT2D eigenvalue weighted by atomic mass is 9.70. The Kier molecular flexibility index (Phi) is 4.50. The zero-order valence-corrected chi connectivity index (χ0v) is 19.4. The Labute approximate surface area is 198 Å². The van der Waals surface area contributed by atoms with E-state index in [1.54, 1.807) is 6.92 Å². The topological polar surface area (TPSA) is 102 Å². The number of fused-ring (bicyclic) bond motifs is 4. The van der Waals surface area contributed by atoms with Gasteiger partial charge < -0.3 is 9.84 Å². The molecule has 6 rings (SSSR count). The zero-order valence-electron chi connectivity index (χ0n) is 17.8. The van der Waals surface area contributed by atoms with Gasteiger partial charge in [0.05, 0.1) is 10.8 Å². The highest BCUT2D eigenvalue weighted by atomic mass is 79.9. The maximum atomic E-state index is 13.9. The van der Waals surface area contributed by atoms with E-state index < -0.39 is 16.4 Å². The number of rotatable bonds is 3. The minimum absolute atomic E-state index is 0.0237. The van der Waals surface area contributed by atoms with Gasteiger partial charge in [-0.05, 0) is 44.0 Å². The molecule has 0 bridgehead atoms. The fraction of sp³-hybridized carbons (Fsp3) is 0.333. The molecule has 1 N–H and O–H groups in total. The molecule has 2 fully saturated rings. The first kappa shape index (κ1) is 20.6. The van der Waals surface area contributed by atoms with Gasteiger partial charge in [0, 0.05) is 27.7 Å². The van der Waals surface area contributed by atoms with E-state index in [0.29, 0.717) is 0 Å². The Bertz CT molecular complexity index is 1310. The zero-order chi connectivity index (χ0) is 22.9. The van der Waals surface area contributed by atoms with Gasteiger partial charge in [0.15, 0.2) is 5.69 Å². The van der Waals surface area contributed by atoms with Crippen LogP contribution in [-0.2, 0) is 10.3 Å². The minimum Gasteiger partial charge on any atom is -0.353 e. The Balaban J connectivity index is 1.70. The first-order chi connectivity index (χ1) is 16.0. The largest absolute Gasteiger partial charge is 0.353 e. The number of aromatic nitrogens is 1. The lowest BCUT2D eigenvalue weighted by molar-refractivity contribution is -0.386. The number of aryl methyl sites for hydroxylation is 1. The van der Waals surface area contributed by atoms with Gasteiger partial charge in [0.2, 0.25) is 11.7 Å². The summed E-state index contributed by atoms with van der Waals surface area (Å²) in [6, 6.07) is 15.6. The molecule has 0 unspecified atom stereocenters. The molecule has 3 aliphatic heterocycles. The molecule has 33 heavy (non-hydrogen) atoms. The first-order valence-corrected chi connectivity index (χ1v) is 11.8. The van der Waals surface area contributed by atoms with Crippen molar-refractivity contribution in [2.45, 2.75) is 43.2 Å². The van der Waals surface area contributed by atoms with E-state index in [9.17, 15) is 14.9 Å². The number of nitro groups is 1. The number of halogens is 1. The summed E-state index contributed by atoms with van der Waals surface area (Å²) >= 11 is 3.70. The Morgan fingerprint density at radius 2 is 2.00 bits per heavy atom. The average molecular weight is 509 g/mol. The highest BCUT2D eigenvalue weighted by molar-refractivity contribution is 9.10. The van der Waals surface area contributed by atoms with Crippen LogP contribution in [-0.4, -0.2) is 33.5 Å². The molecule has 0 aliphatic carbocycles. The minimum atomic E-state index is -1.12. The molecule has 1 amide bonds. The second kappa shape index (κ2) is 7.23. The molecule has 1 spiro atoms. The molecule has 4 heterocycles. The third-order valence-corrected chi connectivity index (χ3v) is 8.22. The second-order valence-electron chi connectivity index (χ2n) is 8.93. The van der Waals surface area contributed by atoms with Crippen LogP contribution in [0.15, 0.2) is 57.5 Å². The summed E-state index contributed by atoms with van der Waals surface area (Å²) in [6.45, 7) is 2.30. The molecule has 1 aromatic heterocycles. The van der Waals surface area contributed by atoms with Crippen molar-refractivity contribution in [1.29, 1.82) is 0 Å². The van der Waals surface area contributed by atoms with Gasteiger partial charge in [-0.1, -0.05) is 57.5 Å². The monoisotopic (exact) mass is 508 g/mol. The summed E-state index contributed by atoms with van der Waals surface area (Å²) in [7, 11) is 0. The number of carbonyl (C=O) groups is 1. The second-order valence-corrected chi connectivity index (χ2v) is 9.79. The number of hydrogen-bond donors (Lipinski definition) is 1. The summed E-state index contributed by atoms with van der Waals surface area (Å²) in [6.07, 6.45) is 1.84. The first-order valence-electron chi connectivity index (χ1n) is 11.0. The van der Waals surface area contributed by atoms with Crippen LogP contribution in [0.1, 0.15) is 47.3 Å². The summed E-state index contributed by atoms with van der Waals surface area (Å²) in [4.78, 5) is 27.9. The van der Waals surface area contributed by atoms with Gasteiger partial charge in [-0.15, -0.1) is 0 Å². The maximum Gasteiger partial charge on any atom is 0.334 e. The maximum absolute atomic E-state index is 13.9. The van der Waals surface area contributed by atoms with Gasteiger partial charge in [-0.3, -0.25) is 19.8 Å². The molecule has 8 nitrogen and oxygen atoms in total. The summed E-state index contributed by atoms with van der Waals surface area (Å²) in [5, 5.41) is 19.2. The molecule has 3 aromatic rings. The Hall–Kier alpha value is -3.04. The smallest absolute Gasteiger partial charge is 0.334 e. The molecule has 2 aromatic carbocycles. The van der Waals surface area contributed by atoms with E-state index in [1.165, 1.54) is 0 Å². The summed E-state index contributed by atoms with van der Waals surface area (Å²) in [5.41, 5.74) is 1.55. The van der Waals surface area contributed by atoms with Crippen LogP contribution >= 0.6 is 15.9 Å². The van der Waals surface area contributed by atoms with Crippen LogP contribution in [0.25, 0.3) is 0 Å². The van der Waals surface area contributed by atoms with Crippen LogP contribution in [0.5, 0.6) is 0 Å². The number of carbonyl (C=O) groups excluding carboxylic acids is 1. The van der Waals surface area contributed by atoms with E-state index in [-0.39, 0.29) is 35.0 Å². The number of nitrogens with one attached hydrogen (secondary N) is 1.